The minimum atomic E-state index is -0.440. The number of hydrogen-bond donors (Lipinski definition) is 0. The van der Waals surface area contributed by atoms with Crippen molar-refractivity contribution in [2.24, 2.45) is 0 Å². The minimum absolute atomic E-state index is 0.0153. The summed E-state index contributed by atoms with van der Waals surface area (Å²) < 4.78 is 24.0. The molecule has 11 heteroatoms. The Balaban J connectivity index is 1.36. The fourth-order valence-corrected chi connectivity index (χ4v) is 3.86. The molecule has 0 radical (unpaired) electrons. The summed E-state index contributed by atoms with van der Waals surface area (Å²) >= 11 is 0. The van der Waals surface area contributed by atoms with E-state index >= 15 is 0 Å². The van der Waals surface area contributed by atoms with E-state index in [9.17, 15) is 14.9 Å². The summed E-state index contributed by atoms with van der Waals surface area (Å²) in [6.45, 7) is 0.436. The molecule has 2 heterocycles. The third-order valence-electron chi connectivity index (χ3n) is 5.58. The molecular weight excluding hydrogens is 468 g/mol. The summed E-state index contributed by atoms with van der Waals surface area (Å²) in [5.74, 6) is 1.32. The number of hydrogen-bond acceptors (Lipinski definition) is 9. The van der Waals surface area contributed by atoms with Crippen LogP contribution in [0.5, 0.6) is 17.2 Å². The number of methoxy groups -OCH3 is 2. The Morgan fingerprint density at radius 3 is 2.67 bits per heavy atom. The predicted molar refractivity (Wildman–Crippen MR) is 130 cm³/mol. The highest BCUT2D eigenvalue weighted by Gasteiger charge is 2.15. The van der Waals surface area contributed by atoms with E-state index < -0.39 is 4.92 Å². The van der Waals surface area contributed by atoms with Crippen molar-refractivity contribution in [2.45, 2.75) is 13.2 Å². The largest absolute Gasteiger partial charge is 0.496 e. The lowest BCUT2D eigenvalue weighted by Crippen LogP contribution is -2.05. The molecule has 0 saturated heterocycles. The van der Waals surface area contributed by atoms with Crippen molar-refractivity contribution in [1.29, 1.82) is 0 Å². The molecule has 0 bridgehead atoms. The molecule has 0 amide bonds. The first-order chi connectivity index (χ1) is 17.4. The van der Waals surface area contributed by atoms with Crippen molar-refractivity contribution in [3.63, 3.8) is 0 Å². The molecule has 0 spiro atoms. The van der Waals surface area contributed by atoms with E-state index in [1.165, 1.54) is 26.4 Å². The zero-order valence-electron chi connectivity index (χ0n) is 19.3. The Kier molecular flexibility index (Phi) is 5.95. The van der Waals surface area contributed by atoms with E-state index in [0.717, 1.165) is 5.56 Å². The molecule has 0 aliphatic heterocycles. The number of fused-ring (bicyclic) bond motifs is 2. The van der Waals surface area contributed by atoms with Crippen molar-refractivity contribution < 1.29 is 23.6 Å². The number of nitro benzene ring substituents is 1. The number of ether oxygens (including phenoxy) is 3. The highest BCUT2D eigenvalue weighted by atomic mass is 16.6. The van der Waals surface area contributed by atoms with E-state index in [1.807, 2.05) is 0 Å². The molecule has 0 N–H and O–H groups in total. The van der Waals surface area contributed by atoms with E-state index in [0.29, 0.717) is 51.4 Å². The van der Waals surface area contributed by atoms with Gasteiger partial charge in [0.1, 0.15) is 46.1 Å². The van der Waals surface area contributed by atoms with Gasteiger partial charge in [0.15, 0.2) is 0 Å². The summed E-state index contributed by atoms with van der Waals surface area (Å²) in [5, 5.41) is 19.8. The maximum Gasteiger partial charge on any atom is 0.269 e. The van der Waals surface area contributed by atoms with Crippen LogP contribution in [0, 0.1) is 10.1 Å². The summed E-state index contributed by atoms with van der Waals surface area (Å²) in [6.07, 6.45) is 1.69. The molecule has 0 fully saturated rings. The SMILES string of the molecule is COc1cc(OC)c2c(=O)c3cc(OCc4cn(Cc5cccc([N+](=O)[O-])c5)nn4)ccc3oc2c1. The zero-order chi connectivity index (χ0) is 25.2. The second-order valence-corrected chi connectivity index (χ2v) is 7.92. The molecule has 0 unspecified atom stereocenters. The fourth-order valence-electron chi connectivity index (χ4n) is 3.86. The highest BCUT2D eigenvalue weighted by Crippen LogP contribution is 2.32. The monoisotopic (exact) mass is 488 g/mol. The predicted octanol–water partition coefficient (Wildman–Crippen LogP) is 4.09. The smallest absolute Gasteiger partial charge is 0.269 e. The van der Waals surface area contributed by atoms with Gasteiger partial charge in [-0.3, -0.25) is 14.9 Å². The summed E-state index contributed by atoms with van der Waals surface area (Å²) in [4.78, 5) is 23.8. The van der Waals surface area contributed by atoms with Gasteiger partial charge in [-0.15, -0.1) is 5.10 Å². The maximum absolute atomic E-state index is 13.2. The van der Waals surface area contributed by atoms with E-state index in [2.05, 4.69) is 10.3 Å². The quantitative estimate of drug-likeness (QED) is 0.180. The molecule has 11 nitrogen and oxygen atoms in total. The van der Waals surface area contributed by atoms with Gasteiger partial charge in [0.25, 0.3) is 5.69 Å². The average molecular weight is 488 g/mol. The first-order valence-electron chi connectivity index (χ1n) is 10.8. The van der Waals surface area contributed by atoms with Crippen molar-refractivity contribution in [3.05, 3.63) is 92.4 Å². The van der Waals surface area contributed by atoms with Gasteiger partial charge in [0, 0.05) is 24.3 Å². The molecule has 0 aliphatic carbocycles. The molecule has 5 rings (SSSR count). The van der Waals surface area contributed by atoms with Crippen LogP contribution in [0.2, 0.25) is 0 Å². The van der Waals surface area contributed by atoms with Gasteiger partial charge in [-0.2, -0.15) is 0 Å². The molecule has 3 aromatic carbocycles. The lowest BCUT2D eigenvalue weighted by atomic mass is 10.1. The van der Waals surface area contributed by atoms with Gasteiger partial charge in [0.2, 0.25) is 5.43 Å². The third kappa shape index (κ3) is 4.41. The first kappa shape index (κ1) is 22.8. The number of benzene rings is 3. The third-order valence-corrected chi connectivity index (χ3v) is 5.58. The van der Waals surface area contributed by atoms with Crippen LogP contribution < -0.4 is 19.6 Å². The molecular formula is C25H20N4O7. The number of aromatic nitrogens is 3. The maximum atomic E-state index is 13.2. The Labute approximate surface area is 203 Å². The highest BCUT2D eigenvalue weighted by molar-refractivity contribution is 5.94. The summed E-state index contributed by atoms with van der Waals surface area (Å²) in [6, 6.07) is 14.6. The number of nitrogens with zero attached hydrogens (tertiary/aromatic N) is 4. The Hall–Kier alpha value is -4.93. The zero-order valence-corrected chi connectivity index (χ0v) is 19.3. The second-order valence-electron chi connectivity index (χ2n) is 7.92. The van der Waals surface area contributed by atoms with Crippen LogP contribution >= 0.6 is 0 Å². The van der Waals surface area contributed by atoms with E-state index in [1.54, 1.807) is 53.3 Å². The van der Waals surface area contributed by atoms with Gasteiger partial charge < -0.3 is 18.6 Å². The first-order valence-corrected chi connectivity index (χ1v) is 10.8. The standard InChI is InChI=1S/C25H20N4O7/c1-33-19-10-22(34-2)24-23(11-19)36-21-7-6-18(9-20(21)25(24)30)35-14-16-13-28(27-26-16)12-15-4-3-5-17(8-15)29(31)32/h3-11,13H,12,14H2,1-2H3. The number of rotatable bonds is 8. The molecule has 0 atom stereocenters. The van der Waals surface area contributed by atoms with Crippen LogP contribution in [-0.2, 0) is 13.2 Å². The molecule has 2 aromatic heterocycles. The van der Waals surface area contributed by atoms with Crippen molar-refractivity contribution in [1.82, 2.24) is 15.0 Å². The van der Waals surface area contributed by atoms with Gasteiger partial charge in [0.05, 0.1) is 37.3 Å². The van der Waals surface area contributed by atoms with Gasteiger partial charge >= 0.3 is 0 Å². The molecule has 0 saturated carbocycles. The molecule has 36 heavy (non-hydrogen) atoms. The minimum Gasteiger partial charge on any atom is -0.496 e. The van der Waals surface area contributed by atoms with Gasteiger partial charge in [-0.05, 0) is 23.8 Å². The average Bonchev–Trinajstić information content (AvgIpc) is 3.34. The van der Waals surface area contributed by atoms with E-state index in [-0.39, 0.29) is 17.7 Å². The summed E-state index contributed by atoms with van der Waals surface area (Å²) in [7, 11) is 3.00. The topological polar surface area (TPSA) is 132 Å². The van der Waals surface area contributed by atoms with Gasteiger partial charge in [-0.1, -0.05) is 17.3 Å². The van der Waals surface area contributed by atoms with Crippen molar-refractivity contribution in [3.8, 4) is 17.2 Å². The van der Waals surface area contributed by atoms with Crippen LogP contribution in [0.15, 0.2) is 70.0 Å². The Bertz CT molecular complexity index is 1660. The summed E-state index contributed by atoms with van der Waals surface area (Å²) in [5.41, 5.74) is 1.80. The molecule has 5 aromatic rings. The normalized spacial score (nSPS) is 11.1. The lowest BCUT2D eigenvalue weighted by Gasteiger charge is -2.10. The fraction of sp³-hybridized carbons (Fsp3) is 0.160. The lowest BCUT2D eigenvalue weighted by molar-refractivity contribution is -0.384. The number of nitro groups is 1. The Morgan fingerprint density at radius 1 is 1.03 bits per heavy atom. The van der Waals surface area contributed by atoms with Gasteiger partial charge in [-0.25, -0.2) is 4.68 Å². The second kappa shape index (κ2) is 9.37. The van der Waals surface area contributed by atoms with Crippen LogP contribution in [0.1, 0.15) is 11.3 Å². The van der Waals surface area contributed by atoms with Crippen molar-refractivity contribution >= 4 is 27.6 Å². The number of non-ortho nitro benzene ring substituents is 1. The van der Waals surface area contributed by atoms with Crippen LogP contribution in [0.25, 0.3) is 21.9 Å². The van der Waals surface area contributed by atoms with Crippen molar-refractivity contribution in [2.75, 3.05) is 14.2 Å². The molecule has 0 aliphatic rings. The van der Waals surface area contributed by atoms with Crippen LogP contribution in [-0.4, -0.2) is 34.1 Å². The molecule has 182 valence electrons. The van der Waals surface area contributed by atoms with E-state index in [4.69, 9.17) is 18.6 Å². The van der Waals surface area contributed by atoms with Crippen LogP contribution in [0.4, 0.5) is 5.69 Å². The Morgan fingerprint density at radius 2 is 1.89 bits per heavy atom. The van der Waals surface area contributed by atoms with Crippen LogP contribution in [0.3, 0.4) is 0 Å².